The van der Waals surface area contributed by atoms with E-state index in [0.29, 0.717) is 11.7 Å². The molecule has 100 valence electrons. The van der Waals surface area contributed by atoms with Crippen LogP contribution in [0.15, 0.2) is 9.59 Å². The molecule has 1 aliphatic carbocycles. The molecule has 0 radical (unpaired) electrons. The topological polar surface area (TPSA) is 81.8 Å². The van der Waals surface area contributed by atoms with E-state index in [1.165, 1.54) is 19.3 Å². The normalized spacial score (nSPS) is 19.1. The van der Waals surface area contributed by atoms with Gasteiger partial charge in [-0.15, -0.1) is 0 Å². The SMILES string of the molecule is CN(C)C(c1nc(=O)[nH]c(=O)[nH]1)C1CCCCC1. The predicted molar refractivity (Wildman–Crippen MR) is 68.5 cm³/mol. The summed E-state index contributed by atoms with van der Waals surface area (Å²) in [6.07, 6.45) is 5.94. The summed E-state index contributed by atoms with van der Waals surface area (Å²) >= 11 is 0. The third-order valence-electron chi connectivity index (χ3n) is 3.62. The van der Waals surface area contributed by atoms with Gasteiger partial charge >= 0.3 is 11.4 Å². The van der Waals surface area contributed by atoms with Crippen LogP contribution in [0.5, 0.6) is 0 Å². The molecule has 18 heavy (non-hydrogen) atoms. The van der Waals surface area contributed by atoms with Crippen LogP contribution in [0.25, 0.3) is 0 Å². The van der Waals surface area contributed by atoms with Gasteiger partial charge in [-0.2, -0.15) is 4.98 Å². The molecule has 0 aliphatic heterocycles. The van der Waals surface area contributed by atoms with Crippen LogP contribution in [0.4, 0.5) is 0 Å². The predicted octanol–water partition coefficient (Wildman–Crippen LogP) is 0.641. The standard InChI is InChI=1S/C12H20N4O2/c1-16(2)9(8-6-4-3-5-7-8)10-13-11(17)15-12(18)14-10/h8-9H,3-7H2,1-2H3,(H2,13,14,15,17,18). The van der Waals surface area contributed by atoms with E-state index in [4.69, 9.17) is 0 Å². The van der Waals surface area contributed by atoms with E-state index >= 15 is 0 Å². The Kier molecular flexibility index (Phi) is 3.96. The van der Waals surface area contributed by atoms with Gasteiger partial charge in [-0.05, 0) is 32.9 Å². The van der Waals surface area contributed by atoms with Crippen LogP contribution in [0, 0.1) is 5.92 Å². The minimum Gasteiger partial charge on any atom is -0.299 e. The quantitative estimate of drug-likeness (QED) is 0.827. The summed E-state index contributed by atoms with van der Waals surface area (Å²) in [7, 11) is 3.92. The number of aromatic amines is 2. The molecule has 1 heterocycles. The van der Waals surface area contributed by atoms with Crippen molar-refractivity contribution in [3.63, 3.8) is 0 Å². The maximum Gasteiger partial charge on any atom is 0.350 e. The molecule has 0 aromatic carbocycles. The summed E-state index contributed by atoms with van der Waals surface area (Å²) in [5.74, 6) is 0.944. The minimum absolute atomic E-state index is 0.0142. The molecule has 1 atom stereocenters. The van der Waals surface area contributed by atoms with Gasteiger partial charge in [-0.1, -0.05) is 19.3 Å². The monoisotopic (exact) mass is 252 g/mol. The molecule has 0 spiro atoms. The first-order valence-electron chi connectivity index (χ1n) is 6.45. The van der Waals surface area contributed by atoms with Crippen molar-refractivity contribution in [1.29, 1.82) is 0 Å². The molecule has 0 saturated heterocycles. The number of aromatic nitrogens is 3. The van der Waals surface area contributed by atoms with Crippen LogP contribution in [0.2, 0.25) is 0 Å². The van der Waals surface area contributed by atoms with Crippen LogP contribution < -0.4 is 11.4 Å². The third kappa shape index (κ3) is 2.87. The maximum atomic E-state index is 11.4. The van der Waals surface area contributed by atoms with Crippen molar-refractivity contribution >= 4 is 0 Å². The van der Waals surface area contributed by atoms with Crippen molar-refractivity contribution < 1.29 is 0 Å². The Morgan fingerprint density at radius 2 is 1.83 bits per heavy atom. The lowest BCUT2D eigenvalue weighted by Crippen LogP contribution is -2.36. The average molecular weight is 252 g/mol. The van der Waals surface area contributed by atoms with Gasteiger partial charge < -0.3 is 0 Å². The molecule has 1 aliphatic rings. The molecule has 1 unspecified atom stereocenters. The molecule has 2 N–H and O–H groups in total. The number of hydrogen-bond acceptors (Lipinski definition) is 4. The molecular weight excluding hydrogens is 232 g/mol. The first kappa shape index (κ1) is 13.0. The summed E-state index contributed by atoms with van der Waals surface area (Å²) in [5, 5.41) is 0. The summed E-state index contributed by atoms with van der Waals surface area (Å²) in [6, 6.07) is 0.0142. The van der Waals surface area contributed by atoms with E-state index < -0.39 is 11.4 Å². The van der Waals surface area contributed by atoms with E-state index in [9.17, 15) is 9.59 Å². The molecule has 1 aromatic heterocycles. The second kappa shape index (κ2) is 5.48. The summed E-state index contributed by atoms with van der Waals surface area (Å²) < 4.78 is 0. The molecule has 1 saturated carbocycles. The van der Waals surface area contributed by atoms with Gasteiger partial charge in [-0.3, -0.25) is 14.9 Å². The van der Waals surface area contributed by atoms with Crippen molar-refractivity contribution in [1.82, 2.24) is 19.9 Å². The lowest BCUT2D eigenvalue weighted by Gasteiger charge is -2.33. The van der Waals surface area contributed by atoms with Gasteiger partial charge in [0.15, 0.2) is 0 Å². The second-order valence-electron chi connectivity index (χ2n) is 5.19. The first-order chi connectivity index (χ1) is 8.58. The molecule has 2 rings (SSSR count). The van der Waals surface area contributed by atoms with Crippen LogP contribution in [0.1, 0.15) is 44.0 Å². The van der Waals surface area contributed by atoms with Gasteiger partial charge in [0.05, 0.1) is 6.04 Å². The minimum atomic E-state index is -0.573. The van der Waals surface area contributed by atoms with E-state index in [2.05, 4.69) is 15.0 Å². The van der Waals surface area contributed by atoms with Crippen molar-refractivity contribution in [2.24, 2.45) is 5.92 Å². The zero-order valence-electron chi connectivity index (χ0n) is 10.9. The molecule has 1 fully saturated rings. The highest BCUT2D eigenvalue weighted by Gasteiger charge is 2.28. The third-order valence-corrected chi connectivity index (χ3v) is 3.62. The Bertz CT molecular complexity index is 471. The van der Waals surface area contributed by atoms with Crippen molar-refractivity contribution in [3.05, 3.63) is 26.8 Å². The van der Waals surface area contributed by atoms with E-state index in [1.807, 2.05) is 19.0 Å². The maximum absolute atomic E-state index is 11.4. The first-order valence-corrected chi connectivity index (χ1v) is 6.45. The van der Waals surface area contributed by atoms with E-state index in [0.717, 1.165) is 12.8 Å². The Hall–Kier alpha value is -1.43. The molecule has 6 nitrogen and oxygen atoms in total. The number of H-pyrrole nitrogens is 2. The Balaban J connectivity index is 2.34. The summed E-state index contributed by atoms with van der Waals surface area (Å²) in [4.78, 5) is 33.4. The fourth-order valence-electron chi connectivity index (χ4n) is 2.89. The molecule has 6 heteroatoms. The smallest absolute Gasteiger partial charge is 0.299 e. The molecular formula is C12H20N4O2. The fraction of sp³-hybridized carbons (Fsp3) is 0.750. The highest BCUT2D eigenvalue weighted by atomic mass is 16.2. The van der Waals surface area contributed by atoms with Crippen LogP contribution in [-0.4, -0.2) is 33.9 Å². The summed E-state index contributed by atoms with van der Waals surface area (Å²) in [5.41, 5.74) is -1.05. The van der Waals surface area contributed by atoms with Crippen LogP contribution in [-0.2, 0) is 0 Å². The fourth-order valence-corrected chi connectivity index (χ4v) is 2.89. The van der Waals surface area contributed by atoms with Crippen LogP contribution >= 0.6 is 0 Å². The van der Waals surface area contributed by atoms with Gasteiger partial charge in [0, 0.05) is 0 Å². The lowest BCUT2D eigenvalue weighted by molar-refractivity contribution is 0.162. The number of nitrogens with one attached hydrogen (secondary N) is 2. The van der Waals surface area contributed by atoms with Gasteiger partial charge in [0.25, 0.3) is 0 Å². The highest BCUT2D eigenvalue weighted by molar-refractivity contribution is 4.96. The van der Waals surface area contributed by atoms with Gasteiger partial charge in [0.1, 0.15) is 5.82 Å². The molecule has 1 aromatic rings. The Morgan fingerprint density at radius 1 is 1.17 bits per heavy atom. The van der Waals surface area contributed by atoms with E-state index in [-0.39, 0.29) is 6.04 Å². The average Bonchev–Trinajstić information content (AvgIpc) is 2.28. The lowest BCUT2D eigenvalue weighted by atomic mass is 9.83. The van der Waals surface area contributed by atoms with Gasteiger partial charge in [-0.25, -0.2) is 9.59 Å². The van der Waals surface area contributed by atoms with Crippen LogP contribution in [0.3, 0.4) is 0 Å². The number of rotatable bonds is 3. The van der Waals surface area contributed by atoms with Crippen molar-refractivity contribution in [2.45, 2.75) is 38.1 Å². The van der Waals surface area contributed by atoms with Crippen molar-refractivity contribution in [2.75, 3.05) is 14.1 Å². The van der Waals surface area contributed by atoms with E-state index in [1.54, 1.807) is 0 Å². The molecule has 0 amide bonds. The Labute approximate surface area is 105 Å². The number of nitrogens with zero attached hydrogens (tertiary/aromatic N) is 2. The highest BCUT2D eigenvalue weighted by Crippen LogP contribution is 2.35. The zero-order valence-corrected chi connectivity index (χ0v) is 10.9. The largest absolute Gasteiger partial charge is 0.350 e. The van der Waals surface area contributed by atoms with Crippen molar-refractivity contribution in [3.8, 4) is 0 Å². The molecule has 0 bridgehead atoms. The zero-order chi connectivity index (χ0) is 13.1. The second-order valence-corrected chi connectivity index (χ2v) is 5.19. The summed E-state index contributed by atoms with van der Waals surface area (Å²) in [6.45, 7) is 0. The Morgan fingerprint density at radius 3 is 2.39 bits per heavy atom. The number of hydrogen-bond donors (Lipinski definition) is 2. The van der Waals surface area contributed by atoms with Gasteiger partial charge in [0.2, 0.25) is 0 Å².